The van der Waals surface area contributed by atoms with Crippen LogP contribution in [0.1, 0.15) is 5.56 Å². The molecule has 1 N–H and O–H groups in total. The number of hydrogen-bond donors (Lipinski definition) is 1. The second-order valence-electron chi connectivity index (χ2n) is 4.38. The number of amides is 1. The molecule has 0 bridgehead atoms. The van der Waals surface area contributed by atoms with Crippen molar-refractivity contribution in [2.45, 2.75) is 6.54 Å². The lowest BCUT2D eigenvalue weighted by molar-refractivity contribution is 0.201. The summed E-state index contributed by atoms with van der Waals surface area (Å²) < 4.78 is 10.4. The zero-order valence-corrected chi connectivity index (χ0v) is 12.9. The van der Waals surface area contributed by atoms with Gasteiger partial charge in [-0.25, -0.2) is 4.79 Å². The second kappa shape index (κ2) is 7.00. The normalized spacial score (nSPS) is 10.1. The Kier molecular flexibility index (Phi) is 5.06. The number of rotatable bonds is 5. The zero-order valence-electron chi connectivity index (χ0n) is 12.1. The Morgan fingerprint density at radius 1 is 1.23 bits per heavy atom. The quantitative estimate of drug-likeness (QED) is 0.913. The van der Waals surface area contributed by atoms with Gasteiger partial charge in [0.2, 0.25) is 0 Å². The monoisotopic (exact) mass is 322 g/mol. The van der Waals surface area contributed by atoms with Crippen molar-refractivity contribution in [2.24, 2.45) is 0 Å². The van der Waals surface area contributed by atoms with Crippen LogP contribution in [-0.4, -0.2) is 30.4 Å². The van der Waals surface area contributed by atoms with Crippen LogP contribution in [0.15, 0.2) is 36.7 Å². The number of carbonyl (C=O) groups is 1. The van der Waals surface area contributed by atoms with Gasteiger partial charge in [0.15, 0.2) is 0 Å². The summed E-state index contributed by atoms with van der Waals surface area (Å²) in [5.41, 5.74) is 1.14. The van der Waals surface area contributed by atoms with Crippen LogP contribution in [0.2, 0.25) is 5.02 Å². The Morgan fingerprint density at radius 3 is 2.41 bits per heavy atom. The molecule has 22 heavy (non-hydrogen) atoms. The van der Waals surface area contributed by atoms with E-state index in [4.69, 9.17) is 21.1 Å². The van der Waals surface area contributed by atoms with Gasteiger partial charge in [-0.05, 0) is 23.8 Å². The highest BCUT2D eigenvalue weighted by atomic mass is 35.5. The standard InChI is InChI=1S/C15H15ClN2O4/c1-21-13-8-14(22-2)12(7-11(13)16)18(15(19)20)9-10-3-5-17-6-4-10/h3-8H,9H2,1-2H3,(H,19,20). The molecule has 0 radical (unpaired) electrons. The molecule has 0 aliphatic heterocycles. The van der Waals surface area contributed by atoms with Crippen molar-refractivity contribution in [1.29, 1.82) is 0 Å². The number of hydrogen-bond acceptors (Lipinski definition) is 4. The average Bonchev–Trinajstić information content (AvgIpc) is 2.53. The molecular formula is C15H15ClN2O4. The first-order valence-corrected chi connectivity index (χ1v) is 6.75. The van der Waals surface area contributed by atoms with Crippen molar-refractivity contribution in [2.75, 3.05) is 19.1 Å². The molecule has 1 aromatic heterocycles. The third-order valence-electron chi connectivity index (χ3n) is 3.07. The van der Waals surface area contributed by atoms with Crippen LogP contribution in [0.4, 0.5) is 10.5 Å². The summed E-state index contributed by atoms with van der Waals surface area (Å²) in [5, 5.41) is 9.81. The molecule has 2 rings (SSSR count). The Labute approximate surface area is 132 Å². The van der Waals surface area contributed by atoms with Gasteiger partial charge in [-0.15, -0.1) is 0 Å². The highest BCUT2D eigenvalue weighted by Gasteiger charge is 2.21. The first-order valence-electron chi connectivity index (χ1n) is 6.37. The number of anilines is 1. The highest BCUT2D eigenvalue weighted by Crippen LogP contribution is 2.38. The van der Waals surface area contributed by atoms with Gasteiger partial charge in [-0.1, -0.05) is 11.6 Å². The molecular weight excluding hydrogens is 308 g/mol. The topological polar surface area (TPSA) is 71.9 Å². The van der Waals surface area contributed by atoms with Crippen molar-refractivity contribution < 1.29 is 19.4 Å². The fourth-order valence-electron chi connectivity index (χ4n) is 1.98. The number of benzene rings is 1. The summed E-state index contributed by atoms with van der Waals surface area (Å²) in [6, 6.07) is 6.55. The van der Waals surface area contributed by atoms with Crippen molar-refractivity contribution >= 4 is 23.4 Å². The first-order chi connectivity index (χ1) is 10.6. The Hall–Kier alpha value is -2.47. The number of nitrogens with zero attached hydrogens (tertiary/aromatic N) is 2. The van der Waals surface area contributed by atoms with E-state index < -0.39 is 6.09 Å². The molecule has 7 heteroatoms. The molecule has 1 amide bonds. The van der Waals surface area contributed by atoms with Gasteiger partial charge in [0.05, 0.1) is 31.5 Å². The van der Waals surface area contributed by atoms with Crippen LogP contribution in [-0.2, 0) is 6.54 Å². The summed E-state index contributed by atoms with van der Waals surface area (Å²) >= 11 is 6.10. The molecule has 1 aromatic carbocycles. The summed E-state index contributed by atoms with van der Waals surface area (Å²) in [5.74, 6) is 0.772. The molecule has 0 atom stereocenters. The van der Waals surface area contributed by atoms with E-state index in [0.29, 0.717) is 22.2 Å². The SMILES string of the molecule is COc1cc(OC)c(N(Cc2ccncc2)C(=O)O)cc1Cl. The van der Waals surface area contributed by atoms with E-state index in [1.54, 1.807) is 30.6 Å². The third-order valence-corrected chi connectivity index (χ3v) is 3.36. The van der Waals surface area contributed by atoms with Crippen LogP contribution in [0.3, 0.4) is 0 Å². The Morgan fingerprint density at radius 2 is 1.86 bits per heavy atom. The van der Waals surface area contributed by atoms with Crippen molar-refractivity contribution in [3.8, 4) is 11.5 Å². The van der Waals surface area contributed by atoms with Crippen LogP contribution in [0.5, 0.6) is 11.5 Å². The van der Waals surface area contributed by atoms with Crippen molar-refractivity contribution in [3.05, 3.63) is 47.2 Å². The van der Waals surface area contributed by atoms with Crippen LogP contribution in [0, 0.1) is 0 Å². The number of ether oxygens (including phenoxy) is 2. The third kappa shape index (κ3) is 3.40. The van der Waals surface area contributed by atoms with Crippen LogP contribution < -0.4 is 14.4 Å². The second-order valence-corrected chi connectivity index (χ2v) is 4.79. The lowest BCUT2D eigenvalue weighted by atomic mass is 10.2. The minimum absolute atomic E-state index is 0.150. The smallest absolute Gasteiger partial charge is 0.412 e. The maximum absolute atomic E-state index is 11.6. The fourth-order valence-corrected chi connectivity index (χ4v) is 2.22. The number of halogens is 1. The predicted molar refractivity (Wildman–Crippen MR) is 83.0 cm³/mol. The molecule has 6 nitrogen and oxygen atoms in total. The summed E-state index contributed by atoms with van der Waals surface area (Å²) in [6.07, 6.45) is 2.10. The number of pyridine rings is 1. The lowest BCUT2D eigenvalue weighted by Crippen LogP contribution is -2.29. The highest BCUT2D eigenvalue weighted by molar-refractivity contribution is 6.32. The van der Waals surface area contributed by atoms with Gasteiger partial charge < -0.3 is 14.6 Å². The van der Waals surface area contributed by atoms with E-state index in [2.05, 4.69) is 4.98 Å². The van der Waals surface area contributed by atoms with E-state index in [1.165, 1.54) is 20.3 Å². The molecule has 116 valence electrons. The zero-order chi connectivity index (χ0) is 16.1. The Balaban J connectivity index is 2.44. The Bertz CT molecular complexity index is 664. The fraction of sp³-hybridized carbons (Fsp3) is 0.200. The first kappa shape index (κ1) is 15.9. The van der Waals surface area contributed by atoms with Gasteiger partial charge >= 0.3 is 6.09 Å². The van der Waals surface area contributed by atoms with Gasteiger partial charge in [0.25, 0.3) is 0 Å². The summed E-state index contributed by atoms with van der Waals surface area (Å²) in [7, 11) is 2.94. The van der Waals surface area contributed by atoms with E-state index >= 15 is 0 Å². The van der Waals surface area contributed by atoms with Crippen LogP contribution in [0.25, 0.3) is 0 Å². The number of methoxy groups -OCH3 is 2. The van der Waals surface area contributed by atoms with E-state index in [9.17, 15) is 9.90 Å². The average molecular weight is 323 g/mol. The van der Waals surface area contributed by atoms with Gasteiger partial charge in [-0.2, -0.15) is 0 Å². The van der Waals surface area contributed by atoms with Crippen molar-refractivity contribution in [1.82, 2.24) is 4.98 Å². The molecule has 0 saturated heterocycles. The largest absolute Gasteiger partial charge is 0.495 e. The lowest BCUT2D eigenvalue weighted by Gasteiger charge is -2.22. The molecule has 0 spiro atoms. The van der Waals surface area contributed by atoms with Gasteiger partial charge in [0, 0.05) is 18.5 Å². The molecule has 1 heterocycles. The van der Waals surface area contributed by atoms with E-state index in [0.717, 1.165) is 10.5 Å². The van der Waals surface area contributed by atoms with Gasteiger partial charge in [-0.3, -0.25) is 9.88 Å². The molecule has 0 aliphatic rings. The maximum Gasteiger partial charge on any atom is 0.412 e. The van der Waals surface area contributed by atoms with Crippen LogP contribution >= 0.6 is 11.6 Å². The van der Waals surface area contributed by atoms with Crippen molar-refractivity contribution in [3.63, 3.8) is 0 Å². The molecule has 0 fully saturated rings. The number of aromatic nitrogens is 1. The molecule has 0 saturated carbocycles. The van der Waals surface area contributed by atoms with E-state index in [1.807, 2.05) is 0 Å². The minimum Gasteiger partial charge on any atom is -0.495 e. The summed E-state index contributed by atoms with van der Waals surface area (Å²) in [6.45, 7) is 0.150. The molecule has 0 unspecified atom stereocenters. The minimum atomic E-state index is -1.11. The predicted octanol–water partition coefficient (Wildman–Crippen LogP) is 3.44. The number of carboxylic acid groups (broad SMARTS) is 1. The maximum atomic E-state index is 11.6. The van der Waals surface area contributed by atoms with Gasteiger partial charge in [0.1, 0.15) is 11.5 Å². The summed E-state index contributed by atoms with van der Waals surface area (Å²) in [4.78, 5) is 16.7. The molecule has 0 aliphatic carbocycles. The molecule has 2 aromatic rings. The van der Waals surface area contributed by atoms with E-state index in [-0.39, 0.29) is 6.54 Å².